The third kappa shape index (κ3) is 1.68. The van der Waals surface area contributed by atoms with Gasteiger partial charge in [-0.25, -0.2) is 0 Å². The molecule has 1 heterocycles. The van der Waals surface area contributed by atoms with E-state index in [-0.39, 0.29) is 5.48 Å². The summed E-state index contributed by atoms with van der Waals surface area (Å²) in [6, 6.07) is 0. The Morgan fingerprint density at radius 2 is 1.60 bits per heavy atom. The molecule has 0 aromatic heterocycles. The average Bonchev–Trinajstić information content (AvgIpc) is 2.12. The van der Waals surface area contributed by atoms with Crippen LogP contribution < -0.4 is 0 Å². The first-order valence-electron chi connectivity index (χ1n) is 3.66. The van der Waals surface area contributed by atoms with Gasteiger partial charge in [-0.05, 0) is 20.5 Å². The highest BCUT2D eigenvalue weighted by Crippen LogP contribution is 2.11. The van der Waals surface area contributed by atoms with E-state index in [9.17, 15) is 0 Å². The van der Waals surface area contributed by atoms with E-state index in [4.69, 9.17) is 0 Å². The number of nitrogens with zero attached hydrogens (tertiary/aromatic N) is 2. The van der Waals surface area contributed by atoms with Gasteiger partial charge in [0.1, 0.15) is 0 Å². The van der Waals surface area contributed by atoms with Gasteiger partial charge in [0.2, 0.25) is 0 Å². The van der Waals surface area contributed by atoms with Crippen LogP contribution >= 0.6 is 0 Å². The fraction of sp³-hybridized carbons (Fsp3) is 1.00. The fourth-order valence-corrected chi connectivity index (χ4v) is 1.57. The number of hydrogen-bond acceptors (Lipinski definition) is 2. The van der Waals surface area contributed by atoms with Crippen molar-refractivity contribution in [3.8, 4) is 0 Å². The Hall–Kier alpha value is -0.120. The van der Waals surface area contributed by atoms with Gasteiger partial charge in [0.05, 0.1) is 6.17 Å². The van der Waals surface area contributed by atoms with Gasteiger partial charge in [0.15, 0.2) is 0 Å². The van der Waals surface area contributed by atoms with E-state index in [2.05, 4.69) is 30.8 Å². The predicted molar refractivity (Wildman–Crippen MR) is 43.0 cm³/mol. The standard InChI is InChI=1S/C7H16N2.H2O/c1-4-7-8(2)5-6-9(7)3;/h7H,4-6H2,1-3H3;1H2. The monoisotopic (exact) mass is 146 g/mol. The zero-order valence-electron chi connectivity index (χ0n) is 7.09. The van der Waals surface area contributed by atoms with Crippen LogP contribution in [0.3, 0.4) is 0 Å². The third-order valence-corrected chi connectivity index (χ3v) is 2.19. The molecular formula is C7H18N2O. The van der Waals surface area contributed by atoms with E-state index >= 15 is 0 Å². The Morgan fingerprint density at radius 1 is 1.20 bits per heavy atom. The Kier molecular flexibility index (Phi) is 3.86. The molecule has 0 radical (unpaired) electrons. The molecule has 0 bridgehead atoms. The first kappa shape index (κ1) is 9.88. The van der Waals surface area contributed by atoms with Gasteiger partial charge in [0, 0.05) is 13.1 Å². The van der Waals surface area contributed by atoms with Crippen LogP contribution in [-0.4, -0.2) is 48.6 Å². The van der Waals surface area contributed by atoms with Crippen LogP contribution in [0.5, 0.6) is 0 Å². The molecule has 10 heavy (non-hydrogen) atoms. The summed E-state index contributed by atoms with van der Waals surface area (Å²) >= 11 is 0. The molecule has 0 saturated carbocycles. The first-order chi connectivity index (χ1) is 4.25. The van der Waals surface area contributed by atoms with E-state index in [1.807, 2.05) is 0 Å². The molecular weight excluding hydrogens is 128 g/mol. The lowest BCUT2D eigenvalue weighted by atomic mass is 10.3. The second kappa shape index (κ2) is 3.91. The minimum atomic E-state index is 0. The molecule has 0 aromatic rings. The molecule has 0 spiro atoms. The molecule has 3 heteroatoms. The maximum atomic E-state index is 2.40. The molecule has 1 saturated heterocycles. The second-order valence-corrected chi connectivity index (χ2v) is 2.85. The van der Waals surface area contributed by atoms with Crippen molar-refractivity contribution in [2.75, 3.05) is 27.2 Å². The summed E-state index contributed by atoms with van der Waals surface area (Å²) in [4.78, 5) is 4.81. The molecule has 1 rings (SSSR count). The predicted octanol–water partition coefficient (Wildman–Crippen LogP) is -0.225. The van der Waals surface area contributed by atoms with Crippen molar-refractivity contribution < 1.29 is 5.48 Å². The van der Waals surface area contributed by atoms with Crippen molar-refractivity contribution >= 4 is 0 Å². The zero-order chi connectivity index (χ0) is 6.85. The third-order valence-electron chi connectivity index (χ3n) is 2.19. The van der Waals surface area contributed by atoms with Crippen LogP contribution in [0.25, 0.3) is 0 Å². The largest absolute Gasteiger partial charge is 0.412 e. The maximum Gasteiger partial charge on any atom is 0.0615 e. The number of hydrogen-bond donors (Lipinski definition) is 0. The maximum absolute atomic E-state index is 2.40. The van der Waals surface area contributed by atoms with Gasteiger partial charge in [0.25, 0.3) is 0 Å². The van der Waals surface area contributed by atoms with Crippen LogP contribution in [0.2, 0.25) is 0 Å². The van der Waals surface area contributed by atoms with Crippen LogP contribution in [0.1, 0.15) is 13.3 Å². The molecule has 2 N–H and O–H groups in total. The molecule has 0 atom stereocenters. The summed E-state index contributed by atoms with van der Waals surface area (Å²) in [6.45, 7) is 4.70. The summed E-state index contributed by atoms with van der Waals surface area (Å²) in [5, 5.41) is 0. The SMILES string of the molecule is CCC1N(C)CCN1C.O. The fourth-order valence-electron chi connectivity index (χ4n) is 1.57. The first-order valence-corrected chi connectivity index (χ1v) is 3.66. The van der Waals surface area contributed by atoms with E-state index in [0.717, 1.165) is 0 Å². The quantitative estimate of drug-likeness (QED) is 0.512. The molecule has 0 unspecified atom stereocenters. The van der Waals surface area contributed by atoms with Crippen molar-refractivity contribution in [1.29, 1.82) is 0 Å². The highest BCUT2D eigenvalue weighted by Gasteiger charge is 2.23. The topological polar surface area (TPSA) is 38.0 Å². The van der Waals surface area contributed by atoms with Gasteiger partial charge in [-0.1, -0.05) is 6.92 Å². The van der Waals surface area contributed by atoms with E-state index in [1.165, 1.54) is 19.5 Å². The van der Waals surface area contributed by atoms with Crippen LogP contribution in [0.15, 0.2) is 0 Å². The van der Waals surface area contributed by atoms with Crippen molar-refractivity contribution in [2.45, 2.75) is 19.5 Å². The minimum Gasteiger partial charge on any atom is -0.412 e. The lowest BCUT2D eigenvalue weighted by molar-refractivity contribution is 0.182. The Morgan fingerprint density at radius 3 is 1.80 bits per heavy atom. The number of likely N-dealkylation sites (N-methyl/N-ethyl adjacent to an activating group) is 2. The summed E-state index contributed by atoms with van der Waals surface area (Å²) in [5.41, 5.74) is 0. The van der Waals surface area contributed by atoms with Gasteiger partial charge in [-0.3, -0.25) is 9.80 Å². The molecule has 0 amide bonds. The molecule has 0 aromatic carbocycles. The van der Waals surface area contributed by atoms with Crippen molar-refractivity contribution in [3.05, 3.63) is 0 Å². The smallest absolute Gasteiger partial charge is 0.0615 e. The molecule has 62 valence electrons. The highest BCUT2D eigenvalue weighted by atomic mass is 16.0. The van der Waals surface area contributed by atoms with E-state index < -0.39 is 0 Å². The molecule has 1 aliphatic heterocycles. The Balaban J connectivity index is 0.000000810. The van der Waals surface area contributed by atoms with Crippen LogP contribution in [0, 0.1) is 0 Å². The summed E-state index contributed by atoms with van der Waals surface area (Å²) < 4.78 is 0. The summed E-state index contributed by atoms with van der Waals surface area (Å²) in [6.07, 6.45) is 1.94. The summed E-state index contributed by atoms with van der Waals surface area (Å²) in [5.74, 6) is 0. The lowest BCUT2D eigenvalue weighted by Crippen LogP contribution is -2.33. The van der Waals surface area contributed by atoms with E-state index in [1.54, 1.807) is 0 Å². The van der Waals surface area contributed by atoms with E-state index in [0.29, 0.717) is 6.17 Å². The lowest BCUT2D eigenvalue weighted by Gasteiger charge is -2.22. The summed E-state index contributed by atoms with van der Waals surface area (Å²) in [7, 11) is 4.38. The van der Waals surface area contributed by atoms with Gasteiger partial charge in [-0.15, -0.1) is 0 Å². The van der Waals surface area contributed by atoms with Crippen molar-refractivity contribution in [2.24, 2.45) is 0 Å². The zero-order valence-corrected chi connectivity index (χ0v) is 7.09. The van der Waals surface area contributed by atoms with Crippen molar-refractivity contribution in [3.63, 3.8) is 0 Å². The van der Waals surface area contributed by atoms with Crippen LogP contribution in [-0.2, 0) is 0 Å². The minimum absolute atomic E-state index is 0. The number of rotatable bonds is 1. The van der Waals surface area contributed by atoms with Crippen molar-refractivity contribution in [1.82, 2.24) is 9.80 Å². The van der Waals surface area contributed by atoms with Gasteiger partial charge >= 0.3 is 0 Å². The van der Waals surface area contributed by atoms with Gasteiger partial charge < -0.3 is 5.48 Å². The Bertz CT molecular complexity index is 87.6. The molecule has 0 aliphatic carbocycles. The highest BCUT2D eigenvalue weighted by molar-refractivity contribution is 4.74. The molecule has 1 fully saturated rings. The second-order valence-electron chi connectivity index (χ2n) is 2.85. The van der Waals surface area contributed by atoms with Crippen LogP contribution in [0.4, 0.5) is 0 Å². The molecule has 3 nitrogen and oxygen atoms in total. The normalized spacial score (nSPS) is 23.1. The van der Waals surface area contributed by atoms with Gasteiger partial charge in [-0.2, -0.15) is 0 Å². The average molecular weight is 146 g/mol. The Labute approximate surface area is 62.9 Å². The molecule has 1 aliphatic rings.